The van der Waals surface area contributed by atoms with E-state index in [1.807, 2.05) is 0 Å². The number of benzene rings is 1. The molecule has 1 aromatic rings. The van der Waals surface area contributed by atoms with Crippen molar-refractivity contribution in [3.63, 3.8) is 0 Å². The minimum absolute atomic E-state index is 0. The molecule has 4 heteroatoms. The van der Waals surface area contributed by atoms with E-state index in [0.717, 1.165) is 0 Å². The van der Waals surface area contributed by atoms with Gasteiger partial charge in [0.25, 0.3) is 5.69 Å². The number of nitro groups is 1. The van der Waals surface area contributed by atoms with Crippen LogP contribution < -0.4 is 0 Å². The predicted octanol–water partition coefficient (Wildman–Crippen LogP) is 1.21. The summed E-state index contributed by atoms with van der Waals surface area (Å²) >= 11 is 0. The molecule has 0 aromatic heterocycles. The van der Waals surface area contributed by atoms with Gasteiger partial charge in [0.15, 0.2) is 0 Å². The fourth-order valence-electron chi connectivity index (χ4n) is 0.550. The third kappa shape index (κ3) is 1.89. The first kappa shape index (κ1) is 8.68. The largest absolute Gasteiger partial charge is 0.269 e. The maximum atomic E-state index is 10.0. The average Bonchev–Trinajstić information content (AvgIpc) is 1.90. The van der Waals surface area contributed by atoms with Crippen molar-refractivity contribution in [3.05, 3.63) is 40.4 Å². The Kier molecular flexibility index (Phi) is 3.18. The van der Waals surface area contributed by atoms with Crippen LogP contribution in [0.5, 0.6) is 0 Å². The molecule has 0 fully saturated rings. The minimum Gasteiger partial charge on any atom is -0.258 e. The summed E-state index contributed by atoms with van der Waals surface area (Å²) in [5.41, 5.74) is 0.137. The molecule has 1 rings (SSSR count). The lowest BCUT2D eigenvalue weighted by Gasteiger charge is -1.85. The summed E-state index contributed by atoms with van der Waals surface area (Å²) in [4.78, 5) is 9.59. The Hall–Kier alpha value is -1.32. The highest BCUT2D eigenvalue weighted by Crippen LogP contribution is 2.06. The molecule has 49 valence electrons. The molecule has 0 atom stereocenters. The van der Waals surface area contributed by atoms with Crippen LogP contribution >= 0.6 is 0 Å². The van der Waals surface area contributed by atoms with E-state index in [0.29, 0.717) is 0 Å². The molecule has 0 bridgehead atoms. The van der Waals surface area contributed by atoms with Crippen LogP contribution in [0.2, 0.25) is 0 Å². The van der Waals surface area contributed by atoms with E-state index >= 15 is 0 Å². The Balaban J connectivity index is 0.000000810. The molecule has 0 saturated carbocycles. The Morgan fingerprint density at radius 3 is 2.00 bits per heavy atom. The van der Waals surface area contributed by atoms with Gasteiger partial charge in [0, 0.05) is 20.5 Å². The van der Waals surface area contributed by atoms with Crippen molar-refractivity contribution in [2.75, 3.05) is 0 Å². The smallest absolute Gasteiger partial charge is 0.258 e. The molecule has 0 N–H and O–H groups in total. The number of hydrogen-bond donors (Lipinski definition) is 0. The van der Waals surface area contributed by atoms with Gasteiger partial charge < -0.3 is 0 Å². The van der Waals surface area contributed by atoms with E-state index in [2.05, 4.69) is 0 Å². The van der Waals surface area contributed by atoms with Gasteiger partial charge in [0.1, 0.15) is 0 Å². The molecule has 0 saturated heterocycles. The molecule has 1 aromatic carbocycles. The lowest BCUT2D eigenvalue weighted by molar-refractivity contribution is -0.384. The molecule has 0 unspecified atom stereocenters. The van der Waals surface area contributed by atoms with Crippen LogP contribution in [0.3, 0.4) is 0 Å². The molecular formula is C6H5BNO2. The number of nitro benzene ring substituents is 1. The first-order valence-corrected chi connectivity index (χ1v) is 2.50. The van der Waals surface area contributed by atoms with Crippen molar-refractivity contribution < 1.29 is 4.92 Å². The summed E-state index contributed by atoms with van der Waals surface area (Å²) in [6, 6.07) is 7.93. The molecular weight excluding hydrogens is 129 g/mol. The third-order valence-electron chi connectivity index (χ3n) is 0.967. The van der Waals surface area contributed by atoms with Gasteiger partial charge in [0.2, 0.25) is 0 Å². The van der Waals surface area contributed by atoms with Crippen molar-refractivity contribution in [3.8, 4) is 0 Å². The summed E-state index contributed by atoms with van der Waals surface area (Å²) in [5.74, 6) is 0. The zero-order valence-corrected chi connectivity index (χ0v) is 5.23. The van der Waals surface area contributed by atoms with E-state index in [9.17, 15) is 10.1 Å². The van der Waals surface area contributed by atoms with Crippen LogP contribution in [0.4, 0.5) is 5.69 Å². The van der Waals surface area contributed by atoms with Gasteiger partial charge in [-0.05, 0) is 0 Å². The average molecular weight is 134 g/mol. The van der Waals surface area contributed by atoms with Crippen molar-refractivity contribution in [1.29, 1.82) is 0 Å². The van der Waals surface area contributed by atoms with Gasteiger partial charge in [-0.3, -0.25) is 10.1 Å². The van der Waals surface area contributed by atoms with Crippen molar-refractivity contribution in [1.82, 2.24) is 0 Å². The molecule has 10 heavy (non-hydrogen) atoms. The quantitative estimate of drug-likeness (QED) is 0.329. The lowest BCUT2D eigenvalue weighted by Crippen LogP contribution is -1.84. The SMILES string of the molecule is O=[N+]([O-])c1ccccc1.[B]. The van der Waals surface area contributed by atoms with Gasteiger partial charge in [-0.2, -0.15) is 0 Å². The van der Waals surface area contributed by atoms with Crippen molar-refractivity contribution in [2.45, 2.75) is 0 Å². The number of para-hydroxylation sites is 1. The fraction of sp³-hybridized carbons (Fsp3) is 0. The summed E-state index contributed by atoms with van der Waals surface area (Å²) < 4.78 is 0. The second kappa shape index (κ2) is 3.66. The Bertz CT molecular complexity index is 212. The summed E-state index contributed by atoms with van der Waals surface area (Å²) in [7, 11) is 0. The molecule has 0 heterocycles. The second-order valence-electron chi connectivity index (χ2n) is 1.59. The van der Waals surface area contributed by atoms with Crippen LogP contribution in [0.25, 0.3) is 0 Å². The first-order valence-electron chi connectivity index (χ1n) is 2.50. The highest BCUT2D eigenvalue weighted by atomic mass is 16.6. The molecule has 3 nitrogen and oxygen atoms in total. The lowest BCUT2D eigenvalue weighted by atomic mass is 10.3. The number of hydrogen-bond acceptors (Lipinski definition) is 2. The number of rotatable bonds is 1. The highest BCUT2D eigenvalue weighted by Gasteiger charge is 1.98. The zero-order valence-electron chi connectivity index (χ0n) is 5.23. The van der Waals surface area contributed by atoms with Crippen LogP contribution in [0, 0.1) is 10.1 Å². The van der Waals surface area contributed by atoms with E-state index < -0.39 is 4.92 Å². The molecule has 0 aliphatic heterocycles. The van der Waals surface area contributed by atoms with Crippen LogP contribution in [-0.4, -0.2) is 13.3 Å². The van der Waals surface area contributed by atoms with Gasteiger partial charge in [-0.15, -0.1) is 0 Å². The molecule has 0 aliphatic carbocycles. The van der Waals surface area contributed by atoms with Gasteiger partial charge in [0.05, 0.1) is 4.92 Å². The first-order chi connectivity index (χ1) is 4.30. The van der Waals surface area contributed by atoms with Gasteiger partial charge >= 0.3 is 0 Å². The van der Waals surface area contributed by atoms with Crippen molar-refractivity contribution >= 4 is 14.1 Å². The molecule has 0 aliphatic rings. The summed E-state index contributed by atoms with van der Waals surface area (Å²) in [5, 5.41) is 10.0. The maximum Gasteiger partial charge on any atom is 0.269 e. The van der Waals surface area contributed by atoms with E-state index in [-0.39, 0.29) is 14.1 Å². The molecule has 0 amide bonds. The number of non-ortho nitro benzene ring substituents is 1. The summed E-state index contributed by atoms with van der Waals surface area (Å²) in [6.07, 6.45) is 0. The van der Waals surface area contributed by atoms with Crippen LogP contribution in [0.1, 0.15) is 0 Å². The van der Waals surface area contributed by atoms with Crippen molar-refractivity contribution in [2.24, 2.45) is 0 Å². The monoisotopic (exact) mass is 134 g/mol. The topological polar surface area (TPSA) is 43.1 Å². The summed E-state index contributed by atoms with van der Waals surface area (Å²) in [6.45, 7) is 0. The Morgan fingerprint density at radius 1 is 1.20 bits per heavy atom. The van der Waals surface area contributed by atoms with E-state index in [4.69, 9.17) is 0 Å². The van der Waals surface area contributed by atoms with Crippen LogP contribution in [-0.2, 0) is 0 Å². The maximum absolute atomic E-state index is 10.0. The van der Waals surface area contributed by atoms with E-state index in [1.165, 1.54) is 12.1 Å². The Morgan fingerprint density at radius 2 is 1.70 bits per heavy atom. The van der Waals surface area contributed by atoms with E-state index in [1.54, 1.807) is 18.2 Å². The van der Waals surface area contributed by atoms with Gasteiger partial charge in [-0.1, -0.05) is 18.2 Å². The Labute approximate surface area is 60.4 Å². The van der Waals surface area contributed by atoms with Crippen LogP contribution in [0.15, 0.2) is 30.3 Å². The number of nitrogens with zero attached hydrogens (tertiary/aromatic N) is 1. The minimum atomic E-state index is -0.417. The van der Waals surface area contributed by atoms with Gasteiger partial charge in [-0.25, -0.2) is 0 Å². The zero-order chi connectivity index (χ0) is 6.69. The highest BCUT2D eigenvalue weighted by molar-refractivity contribution is 5.75. The molecule has 0 spiro atoms. The third-order valence-corrected chi connectivity index (χ3v) is 0.967. The second-order valence-corrected chi connectivity index (χ2v) is 1.59. The molecule has 3 radical (unpaired) electrons. The predicted molar refractivity (Wildman–Crippen MR) is 38.9 cm³/mol. The normalized spacial score (nSPS) is 8.00. The fourth-order valence-corrected chi connectivity index (χ4v) is 0.550. The standard InChI is InChI=1S/C6H5NO2.B/c8-7(9)6-4-2-1-3-5-6;/h1-5H;.